The van der Waals surface area contributed by atoms with Crippen molar-refractivity contribution >= 4 is 11.6 Å². The van der Waals surface area contributed by atoms with Crippen LogP contribution in [0.2, 0.25) is 5.22 Å². The highest BCUT2D eigenvalue weighted by molar-refractivity contribution is 6.28. The smallest absolute Gasteiger partial charge is 0.193 e. The Morgan fingerprint density at radius 1 is 1.47 bits per heavy atom. The molecule has 1 aromatic heterocycles. The molecule has 1 aliphatic rings. The van der Waals surface area contributed by atoms with Gasteiger partial charge in [-0.1, -0.05) is 12.8 Å². The third-order valence-electron chi connectivity index (χ3n) is 3.33. The van der Waals surface area contributed by atoms with Gasteiger partial charge in [0.1, 0.15) is 5.76 Å². The molecule has 1 saturated carbocycles. The van der Waals surface area contributed by atoms with Gasteiger partial charge in [0.2, 0.25) is 0 Å². The standard InChI is InChI=1S/C12H18ClNO/c1-9(10-4-2-3-5-10)14-8-11-6-7-12(13)15-11/h6-7,9-10,14H,2-5,8H2,1H3. The summed E-state index contributed by atoms with van der Waals surface area (Å²) in [4.78, 5) is 0. The monoisotopic (exact) mass is 227 g/mol. The lowest BCUT2D eigenvalue weighted by molar-refractivity contribution is 0.363. The Morgan fingerprint density at radius 2 is 2.20 bits per heavy atom. The fourth-order valence-corrected chi connectivity index (χ4v) is 2.49. The van der Waals surface area contributed by atoms with Gasteiger partial charge in [0, 0.05) is 6.04 Å². The van der Waals surface area contributed by atoms with Crippen LogP contribution in [0.3, 0.4) is 0 Å². The van der Waals surface area contributed by atoms with E-state index in [2.05, 4.69) is 12.2 Å². The summed E-state index contributed by atoms with van der Waals surface area (Å²) in [5.74, 6) is 1.76. The zero-order valence-corrected chi connectivity index (χ0v) is 9.89. The SMILES string of the molecule is CC(NCc1ccc(Cl)o1)C1CCCC1. The maximum Gasteiger partial charge on any atom is 0.193 e. The van der Waals surface area contributed by atoms with Crippen LogP contribution in [0.15, 0.2) is 16.5 Å². The summed E-state index contributed by atoms with van der Waals surface area (Å²) in [7, 11) is 0. The molecule has 1 fully saturated rings. The number of hydrogen-bond acceptors (Lipinski definition) is 2. The Morgan fingerprint density at radius 3 is 2.80 bits per heavy atom. The van der Waals surface area contributed by atoms with E-state index < -0.39 is 0 Å². The molecule has 0 aliphatic heterocycles. The normalized spacial score (nSPS) is 19.6. The quantitative estimate of drug-likeness (QED) is 0.850. The predicted molar refractivity (Wildman–Crippen MR) is 62.0 cm³/mol. The van der Waals surface area contributed by atoms with Crippen molar-refractivity contribution in [1.82, 2.24) is 5.32 Å². The molecule has 2 nitrogen and oxygen atoms in total. The highest BCUT2D eigenvalue weighted by Crippen LogP contribution is 2.27. The Hall–Kier alpha value is -0.470. The minimum atomic E-state index is 0.473. The van der Waals surface area contributed by atoms with Crippen LogP contribution in [-0.2, 0) is 6.54 Å². The van der Waals surface area contributed by atoms with E-state index in [1.165, 1.54) is 25.7 Å². The molecule has 0 spiro atoms. The molecule has 0 aromatic carbocycles. The molecule has 0 saturated heterocycles. The van der Waals surface area contributed by atoms with Crippen molar-refractivity contribution < 1.29 is 4.42 Å². The topological polar surface area (TPSA) is 25.2 Å². The zero-order valence-electron chi connectivity index (χ0n) is 9.13. The van der Waals surface area contributed by atoms with E-state index in [-0.39, 0.29) is 0 Å². The van der Waals surface area contributed by atoms with Crippen LogP contribution in [0.4, 0.5) is 0 Å². The van der Waals surface area contributed by atoms with Gasteiger partial charge in [-0.25, -0.2) is 0 Å². The first kappa shape index (κ1) is 11.0. The zero-order chi connectivity index (χ0) is 10.7. The Labute approximate surface area is 96.0 Å². The van der Waals surface area contributed by atoms with E-state index >= 15 is 0 Å². The second kappa shape index (κ2) is 5.04. The van der Waals surface area contributed by atoms with Crippen molar-refractivity contribution in [3.8, 4) is 0 Å². The minimum absolute atomic E-state index is 0.473. The third-order valence-corrected chi connectivity index (χ3v) is 3.54. The van der Waals surface area contributed by atoms with Crippen molar-refractivity contribution in [2.45, 2.75) is 45.2 Å². The fourth-order valence-electron chi connectivity index (χ4n) is 2.33. The van der Waals surface area contributed by atoms with Crippen molar-refractivity contribution in [2.75, 3.05) is 0 Å². The van der Waals surface area contributed by atoms with Crippen LogP contribution < -0.4 is 5.32 Å². The first-order valence-electron chi connectivity index (χ1n) is 5.73. The van der Waals surface area contributed by atoms with E-state index in [4.69, 9.17) is 16.0 Å². The molecule has 84 valence electrons. The van der Waals surface area contributed by atoms with E-state index in [0.29, 0.717) is 11.3 Å². The van der Waals surface area contributed by atoms with Crippen LogP contribution in [0.25, 0.3) is 0 Å². The molecule has 15 heavy (non-hydrogen) atoms. The highest BCUT2D eigenvalue weighted by Gasteiger charge is 2.21. The van der Waals surface area contributed by atoms with Gasteiger partial charge in [0.25, 0.3) is 0 Å². The number of hydrogen-bond donors (Lipinski definition) is 1. The van der Waals surface area contributed by atoms with Crippen molar-refractivity contribution in [3.63, 3.8) is 0 Å². The summed E-state index contributed by atoms with van der Waals surface area (Å²) in [6.45, 7) is 3.05. The van der Waals surface area contributed by atoms with Crippen molar-refractivity contribution in [2.24, 2.45) is 5.92 Å². The first-order valence-corrected chi connectivity index (χ1v) is 6.11. The van der Waals surface area contributed by atoms with Gasteiger partial charge in [-0.05, 0) is 49.4 Å². The van der Waals surface area contributed by atoms with Crippen LogP contribution in [-0.4, -0.2) is 6.04 Å². The van der Waals surface area contributed by atoms with Crippen molar-refractivity contribution in [1.29, 1.82) is 0 Å². The molecule has 1 unspecified atom stereocenters. The summed E-state index contributed by atoms with van der Waals surface area (Å²) in [5, 5.41) is 3.97. The number of halogens is 1. The molecule has 1 heterocycles. The Kier molecular flexibility index (Phi) is 3.71. The molecule has 1 aromatic rings. The molecule has 0 amide bonds. The van der Waals surface area contributed by atoms with E-state index in [0.717, 1.165) is 18.2 Å². The van der Waals surface area contributed by atoms with E-state index in [1.807, 2.05) is 6.07 Å². The maximum atomic E-state index is 5.71. The van der Waals surface area contributed by atoms with Gasteiger partial charge in [0.05, 0.1) is 6.54 Å². The highest BCUT2D eigenvalue weighted by atomic mass is 35.5. The second-order valence-corrected chi connectivity index (χ2v) is 4.79. The molecule has 1 N–H and O–H groups in total. The van der Waals surface area contributed by atoms with Crippen LogP contribution in [0.1, 0.15) is 38.4 Å². The average Bonchev–Trinajstić information content (AvgIpc) is 2.84. The van der Waals surface area contributed by atoms with E-state index in [9.17, 15) is 0 Å². The summed E-state index contributed by atoms with van der Waals surface area (Å²) in [6, 6.07) is 4.30. The molecule has 2 rings (SSSR count). The van der Waals surface area contributed by atoms with Crippen LogP contribution in [0, 0.1) is 5.92 Å². The molecule has 0 radical (unpaired) electrons. The lowest BCUT2D eigenvalue weighted by atomic mass is 10.00. The number of nitrogens with one attached hydrogen (secondary N) is 1. The van der Waals surface area contributed by atoms with Gasteiger partial charge in [-0.3, -0.25) is 0 Å². The molecule has 1 aliphatic carbocycles. The van der Waals surface area contributed by atoms with Gasteiger partial charge < -0.3 is 9.73 Å². The predicted octanol–water partition coefficient (Wildman–Crippen LogP) is 3.60. The van der Waals surface area contributed by atoms with Crippen molar-refractivity contribution in [3.05, 3.63) is 23.1 Å². The minimum Gasteiger partial charge on any atom is -0.448 e. The van der Waals surface area contributed by atoms with Gasteiger partial charge in [-0.2, -0.15) is 0 Å². The Bertz CT molecular complexity index is 304. The molecule has 3 heteroatoms. The maximum absolute atomic E-state index is 5.71. The molecule has 1 atom stereocenters. The van der Waals surface area contributed by atoms with Gasteiger partial charge >= 0.3 is 0 Å². The number of furan rings is 1. The summed E-state index contributed by atoms with van der Waals surface area (Å²) in [5.41, 5.74) is 0. The lowest BCUT2D eigenvalue weighted by Gasteiger charge is -2.19. The summed E-state index contributed by atoms with van der Waals surface area (Å²) >= 11 is 5.71. The Balaban J connectivity index is 1.77. The van der Waals surface area contributed by atoms with Gasteiger partial charge in [0.15, 0.2) is 5.22 Å². The fraction of sp³-hybridized carbons (Fsp3) is 0.667. The summed E-state index contributed by atoms with van der Waals surface area (Å²) < 4.78 is 5.30. The van der Waals surface area contributed by atoms with Gasteiger partial charge in [-0.15, -0.1) is 0 Å². The molecular weight excluding hydrogens is 210 g/mol. The lowest BCUT2D eigenvalue weighted by Crippen LogP contribution is -2.31. The average molecular weight is 228 g/mol. The third kappa shape index (κ3) is 2.99. The second-order valence-electron chi connectivity index (χ2n) is 4.42. The summed E-state index contributed by atoms with van der Waals surface area (Å²) in [6.07, 6.45) is 5.52. The van der Waals surface area contributed by atoms with Crippen LogP contribution in [0.5, 0.6) is 0 Å². The molecular formula is C12H18ClNO. The van der Waals surface area contributed by atoms with E-state index in [1.54, 1.807) is 6.07 Å². The number of rotatable bonds is 4. The molecule has 0 bridgehead atoms. The van der Waals surface area contributed by atoms with Crippen LogP contribution >= 0.6 is 11.6 Å². The largest absolute Gasteiger partial charge is 0.448 e. The first-order chi connectivity index (χ1) is 7.25.